The van der Waals surface area contributed by atoms with Gasteiger partial charge in [0.1, 0.15) is 6.61 Å². The molecule has 0 aliphatic rings. The molecule has 0 bridgehead atoms. The molecule has 1 N–H and O–H groups in total. The number of carbonyl (C=O) groups is 1. The van der Waals surface area contributed by atoms with Gasteiger partial charge in [-0.15, -0.1) is 0 Å². The van der Waals surface area contributed by atoms with E-state index in [0.29, 0.717) is 112 Å². The molecule has 34 heavy (non-hydrogen) atoms. The summed E-state index contributed by atoms with van der Waals surface area (Å²) in [6, 6.07) is 0. The molecule has 0 rings (SSSR count). The van der Waals surface area contributed by atoms with E-state index in [2.05, 4.69) is 5.32 Å². The number of esters is 1. The Balaban J connectivity index is 3.03. The second kappa shape index (κ2) is 30.1. The van der Waals surface area contributed by atoms with E-state index in [9.17, 15) is 4.79 Å². The number of likely N-dealkylation sites (N-methyl/N-ethyl adjacent to an activating group) is 1. The number of hydrogen-bond acceptors (Lipinski definition) is 11. The van der Waals surface area contributed by atoms with Gasteiger partial charge >= 0.3 is 5.97 Å². The molecular formula is C23H47NO10. The van der Waals surface area contributed by atoms with E-state index in [1.165, 1.54) is 0 Å². The summed E-state index contributed by atoms with van der Waals surface area (Å²) >= 11 is 0. The number of carbonyl (C=O) groups excluding carboxylic acids is 1. The topological polar surface area (TPSA) is 112 Å². The minimum absolute atomic E-state index is 0.184. The summed E-state index contributed by atoms with van der Waals surface area (Å²) in [5.74, 6) is -0.184. The Morgan fingerprint density at radius 3 is 1.09 bits per heavy atom. The lowest BCUT2D eigenvalue weighted by atomic mass is 10.3. The second-order valence-electron chi connectivity index (χ2n) is 6.97. The Labute approximate surface area is 205 Å². The third-order valence-electron chi connectivity index (χ3n) is 4.05. The monoisotopic (exact) mass is 497 g/mol. The molecular weight excluding hydrogens is 450 g/mol. The maximum Gasteiger partial charge on any atom is 0.305 e. The molecule has 0 spiro atoms. The van der Waals surface area contributed by atoms with Gasteiger partial charge in [-0.25, -0.2) is 0 Å². The first-order valence-electron chi connectivity index (χ1n) is 12.2. The van der Waals surface area contributed by atoms with E-state index in [-0.39, 0.29) is 12.6 Å². The molecule has 0 aromatic rings. The molecule has 0 unspecified atom stereocenters. The van der Waals surface area contributed by atoms with E-state index in [1.54, 1.807) is 0 Å². The number of rotatable bonds is 29. The quantitative estimate of drug-likeness (QED) is 0.116. The van der Waals surface area contributed by atoms with Gasteiger partial charge in [0, 0.05) is 13.0 Å². The van der Waals surface area contributed by atoms with Gasteiger partial charge in [0.2, 0.25) is 0 Å². The standard InChI is InChI=1S/C23H47NO10/c1-3-4-23(25)34-22-21-33-20-19-32-18-17-31-16-15-30-14-13-29-12-11-28-10-9-27-8-7-26-6-5-24-2/h24H,3-22H2,1-2H3. The Hall–Kier alpha value is -0.890. The normalized spacial score (nSPS) is 11.2. The number of ether oxygens (including phenoxy) is 9. The molecule has 0 aliphatic carbocycles. The molecule has 0 amide bonds. The summed E-state index contributed by atoms with van der Waals surface area (Å²) in [5.41, 5.74) is 0. The molecule has 0 aromatic carbocycles. The highest BCUT2D eigenvalue weighted by atomic mass is 16.6. The van der Waals surface area contributed by atoms with Crippen LogP contribution < -0.4 is 5.32 Å². The molecule has 0 fully saturated rings. The van der Waals surface area contributed by atoms with Crippen LogP contribution in [0.5, 0.6) is 0 Å². The highest BCUT2D eigenvalue weighted by Gasteiger charge is 2.00. The van der Waals surface area contributed by atoms with E-state index < -0.39 is 0 Å². The van der Waals surface area contributed by atoms with Crippen LogP contribution in [0.2, 0.25) is 0 Å². The molecule has 11 heteroatoms. The minimum Gasteiger partial charge on any atom is -0.463 e. The van der Waals surface area contributed by atoms with Gasteiger partial charge in [-0.1, -0.05) is 6.92 Å². The van der Waals surface area contributed by atoms with Crippen molar-refractivity contribution in [1.82, 2.24) is 5.32 Å². The van der Waals surface area contributed by atoms with Crippen molar-refractivity contribution < 1.29 is 47.4 Å². The third kappa shape index (κ3) is 29.1. The number of nitrogens with one attached hydrogen (secondary N) is 1. The van der Waals surface area contributed by atoms with Crippen LogP contribution in [0.4, 0.5) is 0 Å². The van der Waals surface area contributed by atoms with Crippen LogP contribution >= 0.6 is 0 Å². The van der Waals surface area contributed by atoms with Crippen molar-refractivity contribution in [2.24, 2.45) is 0 Å². The van der Waals surface area contributed by atoms with Gasteiger partial charge in [0.15, 0.2) is 0 Å². The lowest BCUT2D eigenvalue weighted by molar-refractivity contribution is -0.145. The van der Waals surface area contributed by atoms with E-state index >= 15 is 0 Å². The maximum absolute atomic E-state index is 11.1. The van der Waals surface area contributed by atoms with Crippen molar-refractivity contribution in [2.75, 3.05) is 126 Å². The summed E-state index contributed by atoms with van der Waals surface area (Å²) < 4.78 is 48.1. The first-order chi connectivity index (χ1) is 16.8. The van der Waals surface area contributed by atoms with Crippen molar-refractivity contribution >= 4 is 5.97 Å². The first kappa shape index (κ1) is 33.1. The summed E-state index contributed by atoms with van der Waals surface area (Å²) in [6.07, 6.45) is 1.24. The van der Waals surface area contributed by atoms with Gasteiger partial charge < -0.3 is 47.9 Å². The largest absolute Gasteiger partial charge is 0.463 e. The van der Waals surface area contributed by atoms with Crippen LogP contribution in [0.3, 0.4) is 0 Å². The predicted octanol–water partition coefficient (Wildman–Crippen LogP) is 0.682. The van der Waals surface area contributed by atoms with Gasteiger partial charge in [0.25, 0.3) is 0 Å². The zero-order chi connectivity index (χ0) is 24.8. The average Bonchev–Trinajstić information content (AvgIpc) is 2.83. The van der Waals surface area contributed by atoms with Gasteiger partial charge in [-0.05, 0) is 13.5 Å². The molecule has 0 aromatic heterocycles. The Bertz CT molecular complexity index is 404. The summed E-state index contributed by atoms with van der Waals surface area (Å²) in [6.45, 7) is 11.4. The van der Waals surface area contributed by atoms with E-state index in [0.717, 1.165) is 13.0 Å². The predicted molar refractivity (Wildman–Crippen MR) is 126 cm³/mol. The van der Waals surface area contributed by atoms with Crippen LogP contribution in [0.15, 0.2) is 0 Å². The summed E-state index contributed by atoms with van der Waals surface area (Å²) in [5, 5.41) is 3.01. The Kier molecular flexibility index (Phi) is 29.4. The molecule has 0 saturated carbocycles. The molecule has 0 atom stereocenters. The van der Waals surface area contributed by atoms with Crippen molar-refractivity contribution in [3.05, 3.63) is 0 Å². The lowest BCUT2D eigenvalue weighted by Crippen LogP contribution is -2.17. The molecule has 0 aliphatic heterocycles. The van der Waals surface area contributed by atoms with E-state index in [4.69, 9.17) is 42.6 Å². The summed E-state index contributed by atoms with van der Waals surface area (Å²) in [7, 11) is 1.89. The first-order valence-corrected chi connectivity index (χ1v) is 12.2. The van der Waals surface area contributed by atoms with Crippen LogP contribution in [0, 0.1) is 0 Å². The average molecular weight is 498 g/mol. The number of hydrogen-bond donors (Lipinski definition) is 1. The van der Waals surface area contributed by atoms with Crippen molar-refractivity contribution in [3.8, 4) is 0 Å². The zero-order valence-electron chi connectivity index (χ0n) is 21.2. The fourth-order valence-corrected chi connectivity index (χ4v) is 2.31. The zero-order valence-corrected chi connectivity index (χ0v) is 21.2. The fourth-order valence-electron chi connectivity index (χ4n) is 2.31. The molecule has 0 heterocycles. The van der Waals surface area contributed by atoms with Gasteiger partial charge in [-0.3, -0.25) is 4.79 Å². The van der Waals surface area contributed by atoms with Crippen LogP contribution in [-0.2, 0) is 47.4 Å². The SMILES string of the molecule is CCCC(=O)OCCOCCOCCOCCOCCOCCOCCOCCOCCNC. The molecule has 204 valence electrons. The highest BCUT2D eigenvalue weighted by Crippen LogP contribution is 1.91. The van der Waals surface area contributed by atoms with Crippen LogP contribution in [0.1, 0.15) is 19.8 Å². The van der Waals surface area contributed by atoms with Crippen molar-refractivity contribution in [3.63, 3.8) is 0 Å². The maximum atomic E-state index is 11.1. The lowest BCUT2D eigenvalue weighted by Gasteiger charge is -2.09. The van der Waals surface area contributed by atoms with Crippen molar-refractivity contribution in [2.45, 2.75) is 19.8 Å². The highest BCUT2D eigenvalue weighted by molar-refractivity contribution is 5.69. The fraction of sp³-hybridized carbons (Fsp3) is 0.957. The van der Waals surface area contributed by atoms with Crippen LogP contribution in [-0.4, -0.2) is 132 Å². The van der Waals surface area contributed by atoms with Crippen LogP contribution in [0.25, 0.3) is 0 Å². The second-order valence-corrected chi connectivity index (χ2v) is 6.97. The summed E-state index contributed by atoms with van der Waals surface area (Å²) in [4.78, 5) is 11.1. The molecule has 0 radical (unpaired) electrons. The Morgan fingerprint density at radius 2 is 0.794 bits per heavy atom. The minimum atomic E-state index is -0.184. The smallest absolute Gasteiger partial charge is 0.305 e. The Morgan fingerprint density at radius 1 is 0.500 bits per heavy atom. The molecule has 0 saturated heterocycles. The van der Waals surface area contributed by atoms with Gasteiger partial charge in [0.05, 0.1) is 106 Å². The van der Waals surface area contributed by atoms with Crippen molar-refractivity contribution in [1.29, 1.82) is 0 Å². The molecule has 11 nitrogen and oxygen atoms in total. The third-order valence-corrected chi connectivity index (χ3v) is 4.05. The van der Waals surface area contributed by atoms with E-state index in [1.807, 2.05) is 14.0 Å². The van der Waals surface area contributed by atoms with Gasteiger partial charge in [-0.2, -0.15) is 0 Å².